The minimum Gasteiger partial charge on any atom is -0.493 e. The maximum Gasteiger partial charge on any atom is 0.241 e. The lowest BCUT2D eigenvalue weighted by Crippen LogP contribution is -2.42. The van der Waals surface area contributed by atoms with Crippen LogP contribution in [0.15, 0.2) is 34.7 Å². The minimum atomic E-state index is -3.62. The van der Waals surface area contributed by atoms with Gasteiger partial charge < -0.3 is 4.74 Å². The molecule has 0 bridgehead atoms. The van der Waals surface area contributed by atoms with Gasteiger partial charge in [0.05, 0.1) is 17.0 Å². The van der Waals surface area contributed by atoms with Crippen LogP contribution in [0.25, 0.3) is 0 Å². The van der Waals surface area contributed by atoms with Crippen LogP contribution in [0.3, 0.4) is 0 Å². The lowest BCUT2D eigenvalue weighted by molar-refractivity contribution is 0.356. The highest BCUT2D eigenvalue weighted by atomic mass is 32.2. The molecular weight excluding hydrogens is 320 g/mol. The van der Waals surface area contributed by atoms with Crippen LogP contribution in [-0.2, 0) is 22.0 Å². The van der Waals surface area contributed by atoms with Gasteiger partial charge in [0.2, 0.25) is 10.0 Å². The Kier molecular flexibility index (Phi) is 3.96. The highest BCUT2D eigenvalue weighted by Crippen LogP contribution is 2.31. The third-order valence-corrected chi connectivity index (χ3v) is 6.57. The lowest BCUT2D eigenvalue weighted by atomic mass is 10.0. The largest absolute Gasteiger partial charge is 0.493 e. The number of nitrogens with zero attached hydrogens (tertiary/aromatic N) is 1. The van der Waals surface area contributed by atoms with Crippen molar-refractivity contribution in [2.75, 3.05) is 6.61 Å². The molecule has 0 saturated carbocycles. The molecule has 0 saturated heterocycles. The zero-order valence-corrected chi connectivity index (χ0v) is 14.1. The molecule has 118 valence electrons. The maximum atomic E-state index is 12.7. The molecule has 2 aromatic rings. The summed E-state index contributed by atoms with van der Waals surface area (Å²) in [5.41, 5.74) is 0.234. The van der Waals surface area contributed by atoms with Gasteiger partial charge in [-0.25, -0.2) is 13.4 Å². The average Bonchev–Trinajstić information content (AvgIpc) is 3.17. The van der Waals surface area contributed by atoms with Crippen molar-refractivity contribution in [3.63, 3.8) is 0 Å². The number of sulfonamides is 1. The van der Waals surface area contributed by atoms with Gasteiger partial charge in [0.25, 0.3) is 0 Å². The molecule has 1 aromatic carbocycles. The highest BCUT2D eigenvalue weighted by molar-refractivity contribution is 7.89. The topological polar surface area (TPSA) is 68.3 Å². The number of aromatic nitrogens is 1. The molecule has 0 amide bonds. The molecule has 1 aliphatic heterocycles. The number of rotatable bonds is 5. The van der Waals surface area contributed by atoms with E-state index in [0.29, 0.717) is 13.0 Å². The first kappa shape index (κ1) is 15.5. The normalized spacial score (nSPS) is 16.8. The maximum absolute atomic E-state index is 12.7. The van der Waals surface area contributed by atoms with E-state index >= 15 is 0 Å². The molecule has 7 heteroatoms. The average molecular weight is 338 g/mol. The predicted molar refractivity (Wildman–Crippen MR) is 85.7 cm³/mol. The van der Waals surface area contributed by atoms with E-state index in [9.17, 15) is 8.42 Å². The number of thiazole rings is 1. The van der Waals surface area contributed by atoms with Crippen LogP contribution in [0.1, 0.15) is 30.8 Å². The van der Waals surface area contributed by atoms with Crippen molar-refractivity contribution in [2.24, 2.45) is 0 Å². The van der Waals surface area contributed by atoms with Crippen LogP contribution in [-0.4, -0.2) is 20.0 Å². The number of hydrogen-bond donors (Lipinski definition) is 1. The highest BCUT2D eigenvalue weighted by Gasteiger charge is 2.33. The van der Waals surface area contributed by atoms with E-state index in [1.807, 2.05) is 19.2 Å². The predicted octanol–water partition coefficient (Wildman–Crippen LogP) is 2.68. The molecule has 22 heavy (non-hydrogen) atoms. The lowest BCUT2D eigenvalue weighted by Gasteiger charge is -2.27. The van der Waals surface area contributed by atoms with Crippen molar-refractivity contribution in [3.05, 3.63) is 40.3 Å². The molecule has 0 unspecified atom stereocenters. The van der Waals surface area contributed by atoms with Gasteiger partial charge in [0, 0.05) is 18.0 Å². The Morgan fingerprint density at radius 3 is 2.95 bits per heavy atom. The number of fused-ring (bicyclic) bond motifs is 1. The van der Waals surface area contributed by atoms with Crippen LogP contribution in [0.5, 0.6) is 5.75 Å². The SMILES string of the molecule is CC[C@](C)(NS(=O)(=O)c1ccc2c(c1)CCO2)c1nccs1. The molecule has 1 atom stereocenters. The van der Waals surface area contributed by atoms with Gasteiger partial charge in [-0.2, -0.15) is 4.72 Å². The van der Waals surface area contributed by atoms with Crippen LogP contribution < -0.4 is 9.46 Å². The van der Waals surface area contributed by atoms with E-state index < -0.39 is 15.6 Å². The molecule has 0 fully saturated rings. The van der Waals surface area contributed by atoms with Gasteiger partial charge in [0.15, 0.2) is 0 Å². The summed E-state index contributed by atoms with van der Waals surface area (Å²) in [4.78, 5) is 4.54. The van der Waals surface area contributed by atoms with Crippen molar-refractivity contribution in [1.29, 1.82) is 0 Å². The van der Waals surface area contributed by atoms with Crippen molar-refractivity contribution >= 4 is 21.4 Å². The number of benzene rings is 1. The minimum absolute atomic E-state index is 0.271. The molecule has 1 N–H and O–H groups in total. The van der Waals surface area contributed by atoms with Gasteiger partial charge in [-0.15, -0.1) is 11.3 Å². The summed E-state index contributed by atoms with van der Waals surface area (Å²) < 4.78 is 33.7. The zero-order valence-electron chi connectivity index (χ0n) is 12.5. The summed E-state index contributed by atoms with van der Waals surface area (Å²) in [5, 5.41) is 2.62. The molecule has 1 aromatic heterocycles. The fourth-order valence-corrected chi connectivity index (χ4v) is 4.84. The van der Waals surface area contributed by atoms with Crippen molar-refractivity contribution in [2.45, 2.75) is 37.1 Å². The summed E-state index contributed by atoms with van der Waals surface area (Å²) in [7, 11) is -3.62. The smallest absolute Gasteiger partial charge is 0.241 e. The second-order valence-corrected chi connectivity index (χ2v) is 8.07. The van der Waals surface area contributed by atoms with E-state index in [4.69, 9.17) is 4.74 Å². The van der Waals surface area contributed by atoms with E-state index in [0.717, 1.165) is 22.7 Å². The van der Waals surface area contributed by atoms with Crippen molar-refractivity contribution in [3.8, 4) is 5.75 Å². The van der Waals surface area contributed by atoms with E-state index in [1.165, 1.54) is 11.3 Å². The van der Waals surface area contributed by atoms with Crippen LogP contribution in [0.4, 0.5) is 0 Å². The number of hydrogen-bond acceptors (Lipinski definition) is 5. The Morgan fingerprint density at radius 2 is 2.27 bits per heavy atom. The van der Waals surface area contributed by atoms with Crippen LogP contribution in [0, 0.1) is 0 Å². The molecule has 3 rings (SSSR count). The Hall–Kier alpha value is -1.44. The summed E-state index contributed by atoms with van der Waals surface area (Å²) in [6.07, 6.45) is 3.05. The Labute approximate surface area is 134 Å². The molecule has 5 nitrogen and oxygen atoms in total. The first-order valence-corrected chi connectivity index (χ1v) is 9.50. The van der Waals surface area contributed by atoms with E-state index in [1.54, 1.807) is 24.4 Å². The summed E-state index contributed by atoms with van der Waals surface area (Å²) in [6.45, 7) is 4.42. The Balaban J connectivity index is 1.93. The van der Waals surface area contributed by atoms with Crippen molar-refractivity contribution < 1.29 is 13.2 Å². The van der Waals surface area contributed by atoms with Gasteiger partial charge >= 0.3 is 0 Å². The van der Waals surface area contributed by atoms with Gasteiger partial charge in [-0.1, -0.05) is 6.92 Å². The van der Waals surface area contributed by atoms with E-state index in [2.05, 4.69) is 9.71 Å². The van der Waals surface area contributed by atoms with Gasteiger partial charge in [-0.3, -0.25) is 0 Å². The first-order valence-electron chi connectivity index (χ1n) is 7.14. The fraction of sp³-hybridized carbons (Fsp3) is 0.400. The fourth-order valence-electron chi connectivity index (χ4n) is 2.45. The molecule has 0 radical (unpaired) electrons. The number of nitrogens with one attached hydrogen (secondary N) is 1. The van der Waals surface area contributed by atoms with Crippen molar-refractivity contribution in [1.82, 2.24) is 9.71 Å². The zero-order chi connectivity index (χ0) is 15.8. The van der Waals surface area contributed by atoms with E-state index in [-0.39, 0.29) is 4.90 Å². The molecule has 0 aliphatic carbocycles. The third kappa shape index (κ3) is 2.76. The first-order chi connectivity index (χ1) is 10.4. The molecular formula is C15H18N2O3S2. The van der Waals surface area contributed by atoms with Gasteiger partial charge in [-0.05, 0) is 37.1 Å². The third-order valence-electron chi connectivity index (χ3n) is 3.94. The van der Waals surface area contributed by atoms with Crippen LogP contribution >= 0.6 is 11.3 Å². The summed E-state index contributed by atoms with van der Waals surface area (Å²) >= 11 is 1.45. The van der Waals surface area contributed by atoms with Gasteiger partial charge in [0.1, 0.15) is 10.8 Å². The number of ether oxygens (including phenoxy) is 1. The standard InChI is InChI=1S/C15H18N2O3S2/c1-3-15(2,14-16-7-9-21-14)17-22(18,19)12-4-5-13-11(10-12)6-8-20-13/h4-5,7,9-10,17H,3,6,8H2,1-2H3/t15-/m0/s1. The summed E-state index contributed by atoms with van der Waals surface area (Å²) in [6, 6.07) is 5.01. The second kappa shape index (κ2) is 5.64. The monoisotopic (exact) mass is 338 g/mol. The quantitative estimate of drug-likeness (QED) is 0.910. The summed E-state index contributed by atoms with van der Waals surface area (Å²) in [5.74, 6) is 0.775. The second-order valence-electron chi connectivity index (χ2n) is 5.50. The molecule has 1 aliphatic rings. The van der Waals surface area contributed by atoms with Crippen LogP contribution in [0.2, 0.25) is 0 Å². The molecule has 0 spiro atoms. The Morgan fingerprint density at radius 1 is 1.45 bits per heavy atom. The Bertz CT molecular complexity index is 772. The molecule has 2 heterocycles.